The molecule has 7 rings (SSSR count). The number of rotatable bonds is 9. The van der Waals surface area contributed by atoms with E-state index in [1.807, 2.05) is 19.1 Å². The Bertz CT molecular complexity index is 2290. The maximum absolute atomic E-state index is 13.9. The van der Waals surface area contributed by atoms with Gasteiger partial charge < -0.3 is 34.4 Å². The Morgan fingerprint density at radius 1 is 0.885 bits per heavy atom. The summed E-state index contributed by atoms with van der Waals surface area (Å²) in [5, 5.41) is 28.2. The van der Waals surface area contributed by atoms with E-state index in [1.165, 1.54) is 17.0 Å². The van der Waals surface area contributed by atoms with Crippen molar-refractivity contribution in [3.8, 4) is 11.5 Å². The zero-order valence-corrected chi connectivity index (χ0v) is 29.1. The lowest BCUT2D eigenvalue weighted by Gasteiger charge is -2.29. The Morgan fingerprint density at radius 3 is 2.35 bits per heavy atom. The molecular weight excluding hydrogens is 664 g/mol. The molecule has 5 aromatic heterocycles. The number of hydrogen-bond acceptors (Lipinski definition) is 9. The third-order valence-electron chi connectivity index (χ3n) is 10.1. The Labute approximate surface area is 299 Å². The minimum atomic E-state index is -0.768. The molecule has 5 aromatic rings. The second-order valence-electron chi connectivity index (χ2n) is 13.4. The quantitative estimate of drug-likeness (QED) is 0.160. The Morgan fingerprint density at radius 2 is 1.62 bits per heavy atom. The highest BCUT2D eigenvalue weighted by Crippen LogP contribution is 2.38. The Balaban J connectivity index is 1.20. The van der Waals surface area contributed by atoms with Gasteiger partial charge in [-0.2, -0.15) is 0 Å². The molecular formula is C39H40N6O7. The minimum Gasteiger partial charge on any atom is -0.507 e. The standard InChI is InChI=1S/C39H40N6O7/c1-3-18-44-29-16-14-23(20-26(29)34(47)32(38(44)50)36(48)42-30-12-6-7-17-40-30)27-15-13-22(2)35(41-27)43-37(49)31-33(46)25-10-4-5-11-28(25)45(39(31)51)21-24-9-8-19-52-24/h6-9,12-13,15,17,19,23,46-47H,3-5,10-11,14,16,18,20-21H2,1-2H3,(H,40,42,48)(H,41,43,49). The number of anilines is 2. The fourth-order valence-corrected chi connectivity index (χ4v) is 7.45. The Hall–Kier alpha value is -5.98. The zero-order chi connectivity index (χ0) is 36.5. The molecule has 1 unspecified atom stereocenters. The normalized spacial score (nSPS) is 15.1. The van der Waals surface area contributed by atoms with Crippen LogP contribution < -0.4 is 21.8 Å². The monoisotopic (exact) mass is 704 g/mol. The van der Waals surface area contributed by atoms with E-state index < -0.39 is 22.9 Å². The number of fused-ring (bicyclic) bond motifs is 2. The molecule has 2 aliphatic rings. The third-order valence-corrected chi connectivity index (χ3v) is 10.1. The molecule has 0 fully saturated rings. The van der Waals surface area contributed by atoms with Gasteiger partial charge in [-0.3, -0.25) is 19.2 Å². The number of hydrogen-bond donors (Lipinski definition) is 4. The second kappa shape index (κ2) is 14.3. The van der Waals surface area contributed by atoms with Crippen molar-refractivity contribution in [1.82, 2.24) is 19.1 Å². The fourth-order valence-electron chi connectivity index (χ4n) is 7.45. The summed E-state index contributed by atoms with van der Waals surface area (Å²) < 4.78 is 8.61. The first kappa shape index (κ1) is 34.5. The predicted molar refractivity (Wildman–Crippen MR) is 193 cm³/mol. The van der Waals surface area contributed by atoms with E-state index in [0.717, 1.165) is 12.8 Å². The number of nitrogens with one attached hydrogen (secondary N) is 2. The number of aromatic hydroxyl groups is 2. The first-order valence-electron chi connectivity index (χ1n) is 17.6. The molecule has 13 nitrogen and oxygen atoms in total. The minimum absolute atomic E-state index is 0.135. The van der Waals surface area contributed by atoms with Crippen molar-refractivity contribution in [3.63, 3.8) is 0 Å². The molecule has 0 aromatic carbocycles. The second-order valence-corrected chi connectivity index (χ2v) is 13.4. The first-order valence-corrected chi connectivity index (χ1v) is 17.6. The molecule has 0 radical (unpaired) electrons. The summed E-state index contributed by atoms with van der Waals surface area (Å²) in [5.74, 6) is -1.36. The van der Waals surface area contributed by atoms with Crippen molar-refractivity contribution in [2.24, 2.45) is 0 Å². The highest BCUT2D eigenvalue weighted by molar-refractivity contribution is 6.06. The van der Waals surface area contributed by atoms with Gasteiger partial charge in [0.2, 0.25) is 0 Å². The molecule has 1 atom stereocenters. The number of carbonyl (C=O) groups is 2. The van der Waals surface area contributed by atoms with Gasteiger partial charge in [0.1, 0.15) is 40.0 Å². The number of pyridine rings is 4. The van der Waals surface area contributed by atoms with E-state index in [-0.39, 0.29) is 46.7 Å². The lowest BCUT2D eigenvalue weighted by Crippen LogP contribution is -2.35. The molecule has 52 heavy (non-hydrogen) atoms. The van der Waals surface area contributed by atoms with Crippen LogP contribution in [0.3, 0.4) is 0 Å². The van der Waals surface area contributed by atoms with Crippen molar-refractivity contribution in [1.29, 1.82) is 0 Å². The first-order chi connectivity index (χ1) is 25.2. The molecule has 0 spiro atoms. The van der Waals surface area contributed by atoms with Gasteiger partial charge in [-0.25, -0.2) is 9.97 Å². The summed E-state index contributed by atoms with van der Waals surface area (Å²) in [5.41, 5.74) is 1.91. The number of amides is 2. The predicted octanol–water partition coefficient (Wildman–Crippen LogP) is 5.23. The van der Waals surface area contributed by atoms with Crippen molar-refractivity contribution in [2.75, 3.05) is 10.6 Å². The van der Waals surface area contributed by atoms with Crippen molar-refractivity contribution >= 4 is 23.5 Å². The molecule has 2 aliphatic carbocycles. The summed E-state index contributed by atoms with van der Waals surface area (Å²) in [6, 6.07) is 12.2. The van der Waals surface area contributed by atoms with Crippen LogP contribution >= 0.6 is 0 Å². The lowest BCUT2D eigenvalue weighted by molar-refractivity contribution is 0.101. The van der Waals surface area contributed by atoms with Crippen LogP contribution in [0.25, 0.3) is 0 Å². The SMILES string of the molecule is CCCn1c2c(c(O)c(C(=O)Nc3ccccn3)c1=O)CC(c1ccc(C)c(NC(=O)c3c(O)c4c(n(Cc5ccco5)c3=O)CCCC4)n1)CC2. The molecule has 4 N–H and O–H groups in total. The average Bonchev–Trinajstić information content (AvgIpc) is 3.66. The van der Waals surface area contributed by atoms with Gasteiger partial charge in [0.05, 0.1) is 12.8 Å². The van der Waals surface area contributed by atoms with Gasteiger partial charge in [-0.05, 0) is 94.2 Å². The van der Waals surface area contributed by atoms with Crippen molar-refractivity contribution < 1.29 is 24.2 Å². The average molecular weight is 705 g/mol. The van der Waals surface area contributed by atoms with Gasteiger partial charge in [0, 0.05) is 46.9 Å². The van der Waals surface area contributed by atoms with Crippen LogP contribution in [0.4, 0.5) is 11.6 Å². The highest BCUT2D eigenvalue weighted by Gasteiger charge is 2.32. The summed E-state index contributed by atoms with van der Waals surface area (Å²) in [6.07, 6.45) is 7.89. The summed E-state index contributed by atoms with van der Waals surface area (Å²) in [6.45, 7) is 4.24. The van der Waals surface area contributed by atoms with Crippen LogP contribution in [0.15, 0.2) is 68.9 Å². The van der Waals surface area contributed by atoms with Crippen LogP contribution in [-0.4, -0.2) is 41.1 Å². The lowest BCUT2D eigenvalue weighted by atomic mass is 9.82. The van der Waals surface area contributed by atoms with Gasteiger partial charge in [-0.15, -0.1) is 0 Å². The van der Waals surface area contributed by atoms with Crippen molar-refractivity contribution in [3.05, 3.63) is 126 Å². The maximum Gasteiger partial charge on any atom is 0.267 e. The summed E-state index contributed by atoms with van der Waals surface area (Å²) in [7, 11) is 0. The molecule has 268 valence electrons. The number of aromatic nitrogens is 4. The number of carbonyl (C=O) groups excluding carboxylic acids is 2. The fraction of sp³-hybridized carbons (Fsp3) is 0.333. The van der Waals surface area contributed by atoms with E-state index in [4.69, 9.17) is 9.40 Å². The van der Waals surface area contributed by atoms with E-state index >= 15 is 0 Å². The van der Waals surface area contributed by atoms with E-state index in [9.17, 15) is 29.4 Å². The van der Waals surface area contributed by atoms with Gasteiger partial charge in [0.15, 0.2) is 0 Å². The molecule has 0 saturated carbocycles. The highest BCUT2D eigenvalue weighted by atomic mass is 16.3. The van der Waals surface area contributed by atoms with Crippen LogP contribution in [0.5, 0.6) is 11.5 Å². The molecule has 0 aliphatic heterocycles. The van der Waals surface area contributed by atoms with Crippen LogP contribution in [-0.2, 0) is 38.8 Å². The molecule has 0 saturated heterocycles. The van der Waals surface area contributed by atoms with Crippen LogP contribution in [0.1, 0.15) is 98.8 Å². The van der Waals surface area contributed by atoms with Gasteiger partial charge in [0.25, 0.3) is 22.9 Å². The number of furan rings is 1. The van der Waals surface area contributed by atoms with Gasteiger partial charge in [-0.1, -0.05) is 19.1 Å². The maximum atomic E-state index is 13.9. The number of aryl methyl sites for hydroxylation is 1. The smallest absolute Gasteiger partial charge is 0.267 e. The van der Waals surface area contributed by atoms with E-state index in [1.54, 1.807) is 41.8 Å². The Kier molecular flexibility index (Phi) is 9.50. The number of nitrogens with zero attached hydrogens (tertiary/aromatic N) is 4. The van der Waals surface area contributed by atoms with Crippen molar-refractivity contribution in [2.45, 2.75) is 84.2 Å². The van der Waals surface area contributed by atoms with E-state index in [0.29, 0.717) is 84.6 Å². The third kappa shape index (κ3) is 6.38. The molecule has 2 amide bonds. The molecule has 5 heterocycles. The topological polar surface area (TPSA) is 182 Å². The summed E-state index contributed by atoms with van der Waals surface area (Å²) >= 11 is 0. The van der Waals surface area contributed by atoms with Gasteiger partial charge >= 0.3 is 0 Å². The van der Waals surface area contributed by atoms with Crippen LogP contribution in [0.2, 0.25) is 0 Å². The zero-order valence-electron chi connectivity index (χ0n) is 29.1. The summed E-state index contributed by atoms with van der Waals surface area (Å²) in [4.78, 5) is 63.6. The van der Waals surface area contributed by atoms with Crippen LogP contribution in [0, 0.1) is 6.92 Å². The molecule has 13 heteroatoms. The molecule has 0 bridgehead atoms. The van der Waals surface area contributed by atoms with E-state index in [2.05, 4.69) is 15.6 Å². The largest absolute Gasteiger partial charge is 0.507 e.